The molecule has 0 aromatic heterocycles. The zero-order chi connectivity index (χ0) is 24.0. The van der Waals surface area contributed by atoms with Crippen LogP contribution in [0.15, 0.2) is 54.1 Å². The van der Waals surface area contributed by atoms with E-state index in [2.05, 4.69) is 13.8 Å². The first-order valence-corrected chi connectivity index (χ1v) is 11.9. The van der Waals surface area contributed by atoms with E-state index in [0.717, 1.165) is 19.5 Å². The molecule has 1 atom stereocenters. The van der Waals surface area contributed by atoms with Gasteiger partial charge in [-0.15, -0.1) is 0 Å². The molecule has 0 spiro atoms. The highest BCUT2D eigenvalue weighted by Gasteiger charge is 2.44. The van der Waals surface area contributed by atoms with Crippen molar-refractivity contribution < 1.29 is 24.3 Å². The fourth-order valence-corrected chi connectivity index (χ4v) is 4.18. The number of ketones is 1. The highest BCUT2D eigenvalue weighted by molar-refractivity contribution is 6.46. The third-order valence-corrected chi connectivity index (χ3v) is 6.26. The lowest BCUT2D eigenvalue weighted by molar-refractivity contribution is -0.895. The van der Waals surface area contributed by atoms with E-state index in [0.29, 0.717) is 41.6 Å². The number of nitrogens with zero attached hydrogens (tertiary/aromatic N) is 1. The predicted octanol–water partition coefficient (Wildman–Crippen LogP) is 2.28. The average Bonchev–Trinajstić information content (AvgIpc) is 3.08. The molecule has 176 valence electrons. The Bertz CT molecular complexity index is 998. The predicted molar refractivity (Wildman–Crippen MR) is 127 cm³/mol. The molecule has 1 amide bonds. The van der Waals surface area contributed by atoms with Gasteiger partial charge in [0.1, 0.15) is 5.75 Å². The molecular weight excluding hydrogens is 440 g/mol. The van der Waals surface area contributed by atoms with Gasteiger partial charge in [-0.25, -0.2) is 0 Å². The van der Waals surface area contributed by atoms with Crippen LogP contribution in [0.5, 0.6) is 5.75 Å². The van der Waals surface area contributed by atoms with Crippen LogP contribution in [0.1, 0.15) is 44.4 Å². The molecule has 1 saturated heterocycles. The summed E-state index contributed by atoms with van der Waals surface area (Å²) in [5.74, 6) is -1.10. The molecule has 33 heavy (non-hydrogen) atoms. The van der Waals surface area contributed by atoms with Crippen molar-refractivity contribution >= 4 is 29.1 Å². The summed E-state index contributed by atoms with van der Waals surface area (Å²) in [5, 5.41) is 13.9. The molecular formula is C26H31ClN2O4. The Labute approximate surface area is 200 Å². The van der Waals surface area contributed by atoms with Crippen molar-refractivity contribution in [3.63, 3.8) is 0 Å². The zero-order valence-corrected chi connectivity index (χ0v) is 20.2. The molecule has 0 aliphatic carbocycles. The van der Waals surface area contributed by atoms with Gasteiger partial charge in [0, 0.05) is 10.6 Å². The number of amides is 1. The van der Waals surface area contributed by atoms with E-state index >= 15 is 0 Å². The summed E-state index contributed by atoms with van der Waals surface area (Å²) in [6.07, 6.45) is 0.891. The molecule has 1 heterocycles. The van der Waals surface area contributed by atoms with E-state index in [-0.39, 0.29) is 5.57 Å². The molecule has 2 aromatic rings. The quantitative estimate of drug-likeness (QED) is 0.328. The number of nitrogens with one attached hydrogen (secondary N) is 1. The SMILES string of the molecule is CCCOc1ccc(C2C(=C([O-])c3ccc(Cl)cc3)C(=O)C(=O)N2CC[NH+](CC)CC)cc1. The minimum atomic E-state index is -0.735. The van der Waals surface area contributed by atoms with E-state index < -0.39 is 23.5 Å². The maximum atomic E-state index is 13.4. The van der Waals surface area contributed by atoms with Crippen molar-refractivity contribution in [3.8, 4) is 5.75 Å². The number of hydrogen-bond donors (Lipinski definition) is 1. The fourth-order valence-electron chi connectivity index (χ4n) is 4.05. The Hall–Kier alpha value is -2.83. The minimum Gasteiger partial charge on any atom is -0.872 e. The summed E-state index contributed by atoms with van der Waals surface area (Å²) in [4.78, 5) is 29.0. The van der Waals surface area contributed by atoms with Crippen molar-refractivity contribution in [1.82, 2.24) is 4.90 Å². The summed E-state index contributed by atoms with van der Waals surface area (Å²) in [6.45, 7) is 9.73. The topological polar surface area (TPSA) is 74.1 Å². The smallest absolute Gasteiger partial charge is 0.295 e. The lowest BCUT2D eigenvalue weighted by atomic mass is 9.95. The van der Waals surface area contributed by atoms with Crippen molar-refractivity contribution in [2.75, 3.05) is 32.8 Å². The average molecular weight is 471 g/mol. The van der Waals surface area contributed by atoms with Crippen LogP contribution < -0.4 is 14.7 Å². The van der Waals surface area contributed by atoms with Crippen LogP contribution in [0.4, 0.5) is 0 Å². The Morgan fingerprint density at radius 1 is 1.03 bits per heavy atom. The normalized spacial score (nSPS) is 17.7. The maximum absolute atomic E-state index is 13.4. The van der Waals surface area contributed by atoms with Gasteiger partial charge >= 0.3 is 0 Å². The van der Waals surface area contributed by atoms with Crippen molar-refractivity contribution in [1.29, 1.82) is 0 Å². The van der Waals surface area contributed by atoms with Crippen LogP contribution in [-0.4, -0.2) is 49.4 Å². The third kappa shape index (κ3) is 5.57. The van der Waals surface area contributed by atoms with Crippen molar-refractivity contribution in [2.45, 2.75) is 33.2 Å². The highest BCUT2D eigenvalue weighted by Crippen LogP contribution is 2.39. The molecule has 1 fully saturated rings. The van der Waals surface area contributed by atoms with Gasteiger partial charge in [-0.1, -0.05) is 48.5 Å². The van der Waals surface area contributed by atoms with Crippen LogP contribution in [0, 0.1) is 0 Å². The van der Waals surface area contributed by atoms with Crippen molar-refractivity contribution in [3.05, 3.63) is 70.3 Å². The highest BCUT2D eigenvalue weighted by atomic mass is 35.5. The molecule has 0 saturated carbocycles. The fraction of sp³-hybridized carbons (Fsp3) is 0.385. The summed E-state index contributed by atoms with van der Waals surface area (Å²) in [7, 11) is 0. The van der Waals surface area contributed by atoms with E-state index in [1.165, 1.54) is 4.90 Å². The second-order valence-electron chi connectivity index (χ2n) is 8.10. The molecule has 1 N–H and O–H groups in total. The first-order valence-electron chi connectivity index (χ1n) is 11.5. The van der Waals surface area contributed by atoms with Gasteiger partial charge < -0.3 is 19.6 Å². The third-order valence-electron chi connectivity index (χ3n) is 6.01. The molecule has 0 radical (unpaired) electrons. The molecule has 1 unspecified atom stereocenters. The molecule has 2 aromatic carbocycles. The van der Waals surface area contributed by atoms with Crippen LogP contribution >= 0.6 is 11.6 Å². The number of quaternary nitrogens is 1. The molecule has 1 aliphatic rings. The van der Waals surface area contributed by atoms with Gasteiger partial charge in [-0.05, 0) is 55.7 Å². The van der Waals surface area contributed by atoms with E-state index in [4.69, 9.17) is 16.3 Å². The van der Waals surface area contributed by atoms with Gasteiger partial charge in [0.2, 0.25) is 5.78 Å². The van der Waals surface area contributed by atoms with Crippen LogP contribution in [0.3, 0.4) is 0 Å². The zero-order valence-electron chi connectivity index (χ0n) is 19.4. The number of carbonyl (C=O) groups excluding carboxylic acids is 2. The summed E-state index contributed by atoms with van der Waals surface area (Å²) in [6, 6.07) is 12.9. The van der Waals surface area contributed by atoms with Crippen LogP contribution in [-0.2, 0) is 9.59 Å². The number of Topliss-reactive ketones (excluding diaryl/α,β-unsaturated/α-hetero) is 1. The minimum absolute atomic E-state index is 0.0147. The van der Waals surface area contributed by atoms with E-state index in [1.807, 2.05) is 31.2 Å². The number of likely N-dealkylation sites (N-methyl/N-ethyl adjacent to an activating group) is 1. The molecule has 1 aliphatic heterocycles. The second-order valence-corrected chi connectivity index (χ2v) is 8.54. The summed E-state index contributed by atoms with van der Waals surface area (Å²) < 4.78 is 5.67. The molecule has 7 heteroatoms. The Balaban J connectivity index is 2.04. The lowest BCUT2D eigenvalue weighted by Crippen LogP contribution is -3.12. The first-order chi connectivity index (χ1) is 15.9. The number of ether oxygens (including phenoxy) is 1. The number of benzene rings is 2. The monoisotopic (exact) mass is 470 g/mol. The standard InChI is InChI=1S/C26H31ClN2O4/c1-4-17-33-21-13-9-18(10-14-21)23-22(24(30)19-7-11-20(27)12-8-19)25(31)26(32)29(23)16-15-28(5-2)6-3/h7-14,23,30H,4-6,15-17H2,1-3H3. The van der Waals surface area contributed by atoms with Crippen molar-refractivity contribution in [2.24, 2.45) is 0 Å². The molecule has 3 rings (SSSR count). The van der Waals surface area contributed by atoms with Gasteiger partial charge in [0.15, 0.2) is 0 Å². The van der Waals surface area contributed by atoms with Crippen LogP contribution in [0.25, 0.3) is 5.76 Å². The van der Waals surface area contributed by atoms with Gasteiger partial charge in [0.05, 0.1) is 38.8 Å². The first kappa shape index (κ1) is 24.8. The largest absolute Gasteiger partial charge is 0.872 e. The molecule has 6 nitrogen and oxygen atoms in total. The Morgan fingerprint density at radius 2 is 1.67 bits per heavy atom. The van der Waals surface area contributed by atoms with E-state index in [1.54, 1.807) is 29.2 Å². The summed E-state index contributed by atoms with van der Waals surface area (Å²) >= 11 is 5.96. The molecule has 0 bridgehead atoms. The second kappa shape index (κ2) is 11.3. The van der Waals surface area contributed by atoms with Gasteiger partial charge in [0.25, 0.3) is 5.91 Å². The Kier molecular flexibility index (Phi) is 8.53. The van der Waals surface area contributed by atoms with E-state index in [9.17, 15) is 14.7 Å². The number of hydrogen-bond acceptors (Lipinski definition) is 4. The van der Waals surface area contributed by atoms with Gasteiger partial charge in [-0.2, -0.15) is 0 Å². The number of carbonyl (C=O) groups is 2. The number of halogens is 1. The van der Waals surface area contributed by atoms with Crippen LogP contribution in [0.2, 0.25) is 5.02 Å². The lowest BCUT2D eigenvalue weighted by Gasteiger charge is -2.28. The number of rotatable bonds is 10. The summed E-state index contributed by atoms with van der Waals surface area (Å²) in [5.41, 5.74) is 1.03. The number of likely N-dealkylation sites (tertiary alicyclic amines) is 1. The Morgan fingerprint density at radius 3 is 2.24 bits per heavy atom. The maximum Gasteiger partial charge on any atom is 0.295 e. The van der Waals surface area contributed by atoms with Gasteiger partial charge in [-0.3, -0.25) is 9.59 Å².